The summed E-state index contributed by atoms with van der Waals surface area (Å²) in [5.41, 5.74) is 0. The smallest absolute Gasteiger partial charge is 0.405 e. The molecular weight excluding hydrogens is 265 g/mol. The maximum absolute atomic E-state index is 12.0. The molecule has 8 heteroatoms. The maximum Gasteiger partial charge on any atom is 0.405 e. The number of nitrogens with zero attached hydrogens (tertiary/aromatic N) is 1. The van der Waals surface area contributed by atoms with Crippen molar-refractivity contribution in [2.24, 2.45) is 0 Å². The van der Waals surface area contributed by atoms with Crippen molar-refractivity contribution in [3.63, 3.8) is 0 Å². The van der Waals surface area contributed by atoms with Crippen LogP contribution >= 0.6 is 0 Å². The topological polar surface area (TPSA) is 58.6 Å². The Morgan fingerprint density at radius 1 is 1.37 bits per heavy atom. The molecule has 1 fully saturated rings. The summed E-state index contributed by atoms with van der Waals surface area (Å²) in [5.74, 6) is -1.20. The number of halogens is 3. The maximum atomic E-state index is 12.0. The Morgan fingerprint density at radius 2 is 2.05 bits per heavy atom. The first-order chi connectivity index (χ1) is 8.83. The van der Waals surface area contributed by atoms with Gasteiger partial charge in [0.05, 0.1) is 13.7 Å². The van der Waals surface area contributed by atoms with Crippen LogP contribution in [0.2, 0.25) is 0 Å². The van der Waals surface area contributed by atoms with Crippen molar-refractivity contribution >= 4 is 11.9 Å². The van der Waals surface area contributed by atoms with E-state index >= 15 is 0 Å². The van der Waals surface area contributed by atoms with E-state index in [0.717, 1.165) is 12.8 Å². The summed E-state index contributed by atoms with van der Waals surface area (Å²) in [6.07, 6.45) is -2.24. The molecule has 0 bridgehead atoms. The zero-order valence-corrected chi connectivity index (χ0v) is 10.6. The fraction of sp³-hybridized carbons (Fsp3) is 0.818. The number of piperidine rings is 1. The lowest BCUT2D eigenvalue weighted by atomic mass is 10.0. The number of alkyl halides is 3. The van der Waals surface area contributed by atoms with E-state index in [0.29, 0.717) is 13.0 Å². The van der Waals surface area contributed by atoms with Gasteiger partial charge in [-0.2, -0.15) is 13.2 Å². The zero-order valence-electron chi connectivity index (χ0n) is 10.6. The number of hydrogen-bond acceptors (Lipinski definition) is 4. The van der Waals surface area contributed by atoms with Gasteiger partial charge in [-0.05, 0) is 19.4 Å². The van der Waals surface area contributed by atoms with E-state index in [1.807, 2.05) is 0 Å². The van der Waals surface area contributed by atoms with Crippen LogP contribution in [0.1, 0.15) is 19.3 Å². The molecule has 1 heterocycles. The van der Waals surface area contributed by atoms with Gasteiger partial charge in [0.15, 0.2) is 0 Å². The lowest BCUT2D eigenvalue weighted by Gasteiger charge is -2.33. The summed E-state index contributed by atoms with van der Waals surface area (Å²) in [4.78, 5) is 24.5. The summed E-state index contributed by atoms with van der Waals surface area (Å²) >= 11 is 0. The minimum atomic E-state index is -4.43. The highest BCUT2D eigenvalue weighted by Crippen LogP contribution is 2.18. The number of likely N-dealkylation sites (tertiary alicyclic amines) is 1. The third kappa shape index (κ3) is 5.46. The molecule has 5 nitrogen and oxygen atoms in total. The molecule has 1 amide bonds. The summed E-state index contributed by atoms with van der Waals surface area (Å²) < 4.78 is 40.5. The number of nitrogens with one attached hydrogen (secondary N) is 1. The highest BCUT2D eigenvalue weighted by Gasteiger charge is 2.32. The molecule has 0 saturated carbocycles. The molecule has 1 rings (SSSR count). The van der Waals surface area contributed by atoms with Gasteiger partial charge in [0.1, 0.15) is 12.6 Å². The Balaban J connectivity index is 2.48. The van der Waals surface area contributed by atoms with Crippen LogP contribution in [-0.2, 0) is 14.3 Å². The van der Waals surface area contributed by atoms with Gasteiger partial charge in [-0.1, -0.05) is 6.42 Å². The number of carbonyl (C=O) groups is 2. The second kappa shape index (κ2) is 6.74. The molecule has 1 saturated heterocycles. The SMILES string of the molecule is COC(=O)[C@H]1CCCCN1CC(=O)NCC(F)(F)F. The van der Waals surface area contributed by atoms with Crippen LogP contribution in [0.25, 0.3) is 0 Å². The predicted octanol–water partition coefficient (Wildman–Crippen LogP) is 0.692. The van der Waals surface area contributed by atoms with Crippen molar-refractivity contribution in [2.45, 2.75) is 31.5 Å². The first kappa shape index (κ1) is 15.7. The van der Waals surface area contributed by atoms with Crippen molar-refractivity contribution in [3.05, 3.63) is 0 Å². The standard InChI is InChI=1S/C11H17F3N2O3/c1-19-10(18)8-4-2-3-5-16(8)6-9(17)15-7-11(12,13)14/h8H,2-7H2,1H3,(H,15,17)/t8-/m1/s1. The van der Waals surface area contributed by atoms with Crippen LogP contribution in [-0.4, -0.2) is 55.7 Å². The predicted molar refractivity (Wildman–Crippen MR) is 60.3 cm³/mol. The van der Waals surface area contributed by atoms with Crippen molar-refractivity contribution < 1.29 is 27.5 Å². The van der Waals surface area contributed by atoms with Crippen LogP contribution in [0.5, 0.6) is 0 Å². The van der Waals surface area contributed by atoms with Crippen molar-refractivity contribution in [2.75, 3.05) is 26.7 Å². The van der Waals surface area contributed by atoms with Gasteiger partial charge in [0, 0.05) is 0 Å². The second-order valence-corrected chi connectivity index (χ2v) is 4.40. The second-order valence-electron chi connectivity index (χ2n) is 4.40. The molecule has 0 aromatic heterocycles. The Kier molecular flexibility index (Phi) is 5.59. The Morgan fingerprint density at radius 3 is 2.63 bits per heavy atom. The summed E-state index contributed by atoms with van der Waals surface area (Å²) in [7, 11) is 1.25. The fourth-order valence-electron chi connectivity index (χ4n) is 2.02. The summed E-state index contributed by atoms with van der Waals surface area (Å²) in [6.45, 7) is -1.09. The van der Waals surface area contributed by atoms with E-state index in [2.05, 4.69) is 4.74 Å². The average Bonchev–Trinajstić information content (AvgIpc) is 2.35. The number of hydrogen-bond donors (Lipinski definition) is 1. The quantitative estimate of drug-likeness (QED) is 0.771. The van der Waals surface area contributed by atoms with Crippen LogP contribution in [0.3, 0.4) is 0 Å². The molecule has 0 aromatic rings. The van der Waals surface area contributed by atoms with Crippen molar-refractivity contribution in [1.29, 1.82) is 0 Å². The van der Waals surface area contributed by atoms with Crippen LogP contribution in [0.15, 0.2) is 0 Å². The highest BCUT2D eigenvalue weighted by atomic mass is 19.4. The molecule has 1 aliphatic rings. The number of esters is 1. The van der Waals surface area contributed by atoms with Crippen LogP contribution < -0.4 is 5.32 Å². The number of amides is 1. The van der Waals surface area contributed by atoms with Gasteiger partial charge in [-0.15, -0.1) is 0 Å². The third-order valence-electron chi connectivity index (χ3n) is 2.92. The Bertz CT molecular complexity index is 334. The molecule has 0 unspecified atom stereocenters. The minimum absolute atomic E-state index is 0.226. The van der Waals surface area contributed by atoms with Gasteiger partial charge < -0.3 is 10.1 Å². The average molecular weight is 282 g/mol. The van der Waals surface area contributed by atoms with E-state index in [1.165, 1.54) is 7.11 Å². The lowest BCUT2D eigenvalue weighted by molar-refractivity contribution is -0.150. The molecule has 19 heavy (non-hydrogen) atoms. The van der Waals surface area contributed by atoms with Crippen molar-refractivity contribution in [1.82, 2.24) is 10.2 Å². The van der Waals surface area contributed by atoms with Gasteiger partial charge in [0.2, 0.25) is 5.91 Å². The normalized spacial score (nSPS) is 20.9. The molecular formula is C11H17F3N2O3. The molecule has 110 valence electrons. The fourth-order valence-corrected chi connectivity index (χ4v) is 2.02. The van der Waals surface area contributed by atoms with Gasteiger partial charge in [-0.25, -0.2) is 0 Å². The van der Waals surface area contributed by atoms with E-state index in [4.69, 9.17) is 0 Å². The molecule has 0 aliphatic carbocycles. The summed E-state index contributed by atoms with van der Waals surface area (Å²) in [6, 6.07) is -0.546. The number of carbonyl (C=O) groups excluding carboxylic acids is 2. The Labute approximate surface area is 109 Å². The number of rotatable bonds is 4. The van der Waals surface area contributed by atoms with E-state index in [-0.39, 0.29) is 6.54 Å². The summed E-state index contributed by atoms with van der Waals surface area (Å²) in [5, 5.41) is 1.79. The lowest BCUT2D eigenvalue weighted by Crippen LogP contribution is -2.50. The first-order valence-corrected chi connectivity index (χ1v) is 5.99. The first-order valence-electron chi connectivity index (χ1n) is 5.99. The van der Waals surface area contributed by atoms with Crippen LogP contribution in [0.4, 0.5) is 13.2 Å². The van der Waals surface area contributed by atoms with E-state index in [1.54, 1.807) is 10.2 Å². The van der Waals surface area contributed by atoms with E-state index in [9.17, 15) is 22.8 Å². The minimum Gasteiger partial charge on any atom is -0.468 e. The van der Waals surface area contributed by atoms with Gasteiger partial charge in [-0.3, -0.25) is 14.5 Å². The Hall–Kier alpha value is -1.31. The zero-order chi connectivity index (χ0) is 14.5. The van der Waals surface area contributed by atoms with Gasteiger partial charge in [0.25, 0.3) is 0 Å². The molecule has 0 aromatic carbocycles. The van der Waals surface area contributed by atoms with E-state index < -0.39 is 30.6 Å². The van der Waals surface area contributed by atoms with Crippen molar-refractivity contribution in [3.8, 4) is 0 Å². The molecule has 1 atom stereocenters. The number of methoxy groups -OCH3 is 1. The van der Waals surface area contributed by atoms with Gasteiger partial charge >= 0.3 is 12.1 Å². The molecule has 0 spiro atoms. The van der Waals surface area contributed by atoms with Crippen LogP contribution in [0, 0.1) is 0 Å². The molecule has 0 radical (unpaired) electrons. The third-order valence-corrected chi connectivity index (χ3v) is 2.92. The molecule has 1 N–H and O–H groups in total. The highest BCUT2D eigenvalue weighted by molar-refractivity contribution is 5.80. The molecule has 1 aliphatic heterocycles. The number of ether oxygens (including phenoxy) is 1. The monoisotopic (exact) mass is 282 g/mol. The largest absolute Gasteiger partial charge is 0.468 e.